The first-order chi connectivity index (χ1) is 36.5. The molecule has 0 aromatic heterocycles. The second-order valence-electron chi connectivity index (χ2n) is 20.6. The third-order valence-corrected chi connectivity index (χ3v) is 13.3. The Morgan fingerprint density at radius 2 is 0.554 bits per heavy atom. The van der Waals surface area contributed by atoms with Gasteiger partial charge in [0.1, 0.15) is 13.2 Å². The predicted molar refractivity (Wildman–Crippen MR) is 320 cm³/mol. The van der Waals surface area contributed by atoms with Crippen molar-refractivity contribution in [1.82, 2.24) is 0 Å². The van der Waals surface area contributed by atoms with Crippen molar-refractivity contribution >= 4 is 17.9 Å². The third-order valence-electron chi connectivity index (χ3n) is 13.3. The smallest absolute Gasteiger partial charge is 0.306 e. The van der Waals surface area contributed by atoms with E-state index in [4.69, 9.17) is 14.2 Å². The summed E-state index contributed by atoms with van der Waals surface area (Å²) in [5.74, 6) is -0.902. The van der Waals surface area contributed by atoms with Crippen molar-refractivity contribution in [1.29, 1.82) is 0 Å². The van der Waals surface area contributed by atoms with Gasteiger partial charge in [-0.15, -0.1) is 0 Å². The Hall–Kier alpha value is -3.67. The first-order valence-electron chi connectivity index (χ1n) is 31.2. The van der Waals surface area contributed by atoms with Crippen molar-refractivity contribution in [3.63, 3.8) is 0 Å². The van der Waals surface area contributed by atoms with E-state index in [1.807, 2.05) is 0 Å². The molecule has 1 atom stereocenters. The van der Waals surface area contributed by atoms with E-state index in [0.717, 1.165) is 128 Å². The van der Waals surface area contributed by atoms with Gasteiger partial charge in [0.05, 0.1) is 0 Å². The van der Waals surface area contributed by atoms with Gasteiger partial charge < -0.3 is 14.2 Å². The van der Waals surface area contributed by atoms with Crippen molar-refractivity contribution < 1.29 is 28.6 Å². The van der Waals surface area contributed by atoms with Gasteiger partial charge in [0, 0.05) is 19.3 Å². The number of unbranched alkanes of at least 4 members (excludes halogenated alkanes) is 29. The summed E-state index contributed by atoms with van der Waals surface area (Å²) >= 11 is 0. The van der Waals surface area contributed by atoms with Crippen LogP contribution in [0, 0.1) is 0 Å². The van der Waals surface area contributed by atoms with Gasteiger partial charge in [0.2, 0.25) is 0 Å². The molecule has 0 radical (unpaired) electrons. The second-order valence-corrected chi connectivity index (χ2v) is 20.6. The minimum atomic E-state index is -0.787. The molecule has 74 heavy (non-hydrogen) atoms. The van der Waals surface area contributed by atoms with Crippen molar-refractivity contribution in [2.24, 2.45) is 0 Å². The third kappa shape index (κ3) is 59.2. The number of rotatable bonds is 56. The predicted octanol–water partition coefficient (Wildman–Crippen LogP) is 21.3. The average Bonchev–Trinajstić information content (AvgIpc) is 3.40. The molecule has 0 rings (SSSR count). The Bertz CT molecular complexity index is 1460. The summed E-state index contributed by atoms with van der Waals surface area (Å²) in [5, 5.41) is 0. The molecule has 0 saturated carbocycles. The molecule has 0 N–H and O–H groups in total. The molecule has 1 unspecified atom stereocenters. The van der Waals surface area contributed by atoms with Crippen LogP contribution in [0.15, 0.2) is 97.2 Å². The molecular weight excluding hydrogens is 913 g/mol. The molecule has 0 spiro atoms. The van der Waals surface area contributed by atoms with Gasteiger partial charge in [-0.1, -0.05) is 259 Å². The molecule has 0 aromatic rings. The van der Waals surface area contributed by atoms with Crippen LogP contribution in [0.4, 0.5) is 0 Å². The summed E-state index contributed by atoms with van der Waals surface area (Å²) < 4.78 is 16.9. The Balaban J connectivity index is 4.16. The summed E-state index contributed by atoms with van der Waals surface area (Å²) in [6, 6.07) is 0. The van der Waals surface area contributed by atoms with Gasteiger partial charge in [-0.3, -0.25) is 14.4 Å². The van der Waals surface area contributed by atoms with Crippen LogP contribution in [0.5, 0.6) is 0 Å². The molecular formula is C68H116O6. The normalized spacial score (nSPS) is 12.7. The molecule has 6 nitrogen and oxygen atoms in total. The van der Waals surface area contributed by atoms with E-state index in [0.29, 0.717) is 19.3 Å². The summed E-state index contributed by atoms with van der Waals surface area (Å²) in [4.78, 5) is 38.1. The summed E-state index contributed by atoms with van der Waals surface area (Å²) in [6.45, 7) is 6.43. The van der Waals surface area contributed by atoms with Crippen LogP contribution in [0.25, 0.3) is 0 Å². The maximum Gasteiger partial charge on any atom is 0.306 e. The molecule has 424 valence electrons. The first-order valence-corrected chi connectivity index (χ1v) is 31.2. The summed E-state index contributed by atoms with van der Waals surface area (Å²) in [6.07, 6.45) is 82.8. The fourth-order valence-electron chi connectivity index (χ4n) is 8.62. The van der Waals surface area contributed by atoms with Crippen molar-refractivity contribution in [3.8, 4) is 0 Å². The number of esters is 3. The molecule has 0 saturated heterocycles. The van der Waals surface area contributed by atoms with E-state index >= 15 is 0 Å². The lowest BCUT2D eigenvalue weighted by Gasteiger charge is -2.18. The van der Waals surface area contributed by atoms with Crippen molar-refractivity contribution in [3.05, 3.63) is 97.2 Å². The van der Waals surface area contributed by atoms with Crippen LogP contribution in [0.2, 0.25) is 0 Å². The molecule has 0 aliphatic carbocycles. The van der Waals surface area contributed by atoms with Gasteiger partial charge >= 0.3 is 17.9 Å². The Kier molecular flexibility index (Phi) is 58.8. The van der Waals surface area contributed by atoms with E-state index in [9.17, 15) is 14.4 Å². The highest BCUT2D eigenvalue weighted by molar-refractivity contribution is 5.71. The van der Waals surface area contributed by atoms with Crippen LogP contribution >= 0.6 is 0 Å². The Labute approximate surface area is 457 Å². The molecule has 0 aliphatic rings. The summed E-state index contributed by atoms with van der Waals surface area (Å²) in [5.41, 5.74) is 0. The van der Waals surface area contributed by atoms with Crippen molar-refractivity contribution in [2.45, 2.75) is 303 Å². The topological polar surface area (TPSA) is 78.9 Å². The van der Waals surface area contributed by atoms with E-state index in [1.165, 1.54) is 128 Å². The first kappa shape index (κ1) is 70.3. The highest BCUT2D eigenvalue weighted by Crippen LogP contribution is 2.16. The highest BCUT2D eigenvalue weighted by Gasteiger charge is 2.19. The Morgan fingerprint density at radius 1 is 0.284 bits per heavy atom. The van der Waals surface area contributed by atoms with Crippen LogP contribution in [-0.2, 0) is 28.6 Å². The highest BCUT2D eigenvalue weighted by atomic mass is 16.6. The fraction of sp³-hybridized carbons (Fsp3) is 0.721. The van der Waals surface area contributed by atoms with E-state index in [-0.39, 0.29) is 31.1 Å². The Morgan fingerprint density at radius 3 is 0.892 bits per heavy atom. The van der Waals surface area contributed by atoms with E-state index < -0.39 is 6.10 Å². The SMILES string of the molecule is CC/C=C\C/C=C\C/C=C\C/C=C\C/C=C\CCCCCCCCCCCCCCCCCC(=O)OCC(COC(=O)CCCCCCC/C=C\CCCCC)OC(=O)CCCCCCC/C=C\C/C=C\CCC. The molecule has 0 fully saturated rings. The lowest BCUT2D eigenvalue weighted by molar-refractivity contribution is -0.167. The molecule has 6 heteroatoms. The molecule has 0 heterocycles. The molecule has 0 aliphatic heterocycles. The van der Waals surface area contributed by atoms with Gasteiger partial charge in [-0.2, -0.15) is 0 Å². The van der Waals surface area contributed by atoms with E-state index in [2.05, 4.69) is 118 Å². The van der Waals surface area contributed by atoms with Crippen LogP contribution in [0.3, 0.4) is 0 Å². The molecule has 0 bridgehead atoms. The lowest BCUT2D eigenvalue weighted by Crippen LogP contribution is -2.30. The number of carbonyl (C=O) groups excluding carboxylic acids is 3. The second kappa shape index (κ2) is 61.9. The number of allylic oxidation sites excluding steroid dienone is 16. The zero-order chi connectivity index (χ0) is 53.6. The molecule has 0 aromatic carbocycles. The largest absolute Gasteiger partial charge is 0.462 e. The fourth-order valence-corrected chi connectivity index (χ4v) is 8.62. The monoisotopic (exact) mass is 1030 g/mol. The number of hydrogen-bond acceptors (Lipinski definition) is 6. The van der Waals surface area contributed by atoms with Crippen LogP contribution in [-0.4, -0.2) is 37.2 Å². The van der Waals surface area contributed by atoms with Crippen LogP contribution in [0.1, 0.15) is 297 Å². The minimum Gasteiger partial charge on any atom is -0.462 e. The van der Waals surface area contributed by atoms with Crippen molar-refractivity contribution in [2.75, 3.05) is 13.2 Å². The van der Waals surface area contributed by atoms with Gasteiger partial charge in [0.15, 0.2) is 6.10 Å². The van der Waals surface area contributed by atoms with Crippen LogP contribution < -0.4 is 0 Å². The van der Waals surface area contributed by atoms with Gasteiger partial charge in [-0.05, 0) is 116 Å². The quantitative estimate of drug-likeness (QED) is 0.0261. The number of hydrogen-bond donors (Lipinski definition) is 0. The van der Waals surface area contributed by atoms with Gasteiger partial charge in [0.25, 0.3) is 0 Å². The summed E-state index contributed by atoms with van der Waals surface area (Å²) in [7, 11) is 0. The number of carbonyl (C=O) groups is 3. The maximum absolute atomic E-state index is 12.8. The minimum absolute atomic E-state index is 0.0841. The van der Waals surface area contributed by atoms with E-state index in [1.54, 1.807) is 0 Å². The molecule has 0 amide bonds. The standard InChI is InChI=1S/C68H116O6/c1-4-7-10-13-16-19-22-25-26-27-28-29-30-31-32-33-34-35-36-37-38-39-40-41-42-44-46-49-52-55-58-61-67(70)73-64-65(63-72-66(69)60-57-54-51-48-45-24-21-18-15-12-9-6-3)74-68(71)62-59-56-53-50-47-43-23-20-17-14-11-8-5-2/h7,10-11,14,16,18-21,23,25-26,28-29,31-32,65H,4-6,8-9,12-13,15,17,22,24,27,30,33-64H2,1-3H3/b10-7-,14-11-,19-16-,21-18-,23-20-,26-25-,29-28-,32-31-. The zero-order valence-corrected chi connectivity index (χ0v) is 48.6. The zero-order valence-electron chi connectivity index (χ0n) is 48.6. The van der Waals surface area contributed by atoms with Gasteiger partial charge in [-0.25, -0.2) is 0 Å². The number of ether oxygens (including phenoxy) is 3. The maximum atomic E-state index is 12.8. The average molecular weight is 1030 g/mol. The lowest BCUT2D eigenvalue weighted by atomic mass is 10.0.